The second-order valence-electron chi connectivity index (χ2n) is 4.32. The fourth-order valence-corrected chi connectivity index (χ4v) is 2.87. The number of nitrogens with one attached hydrogen (secondary N) is 1. The van der Waals surface area contributed by atoms with E-state index in [2.05, 4.69) is 10.3 Å². The molecule has 0 bridgehead atoms. The normalized spacial score (nSPS) is 10.6. The lowest BCUT2D eigenvalue weighted by Crippen LogP contribution is -1.97. The Labute approximate surface area is 131 Å². The van der Waals surface area contributed by atoms with Gasteiger partial charge in [-0.1, -0.05) is 11.6 Å². The highest BCUT2D eigenvalue weighted by Gasteiger charge is 2.08. The molecule has 0 aliphatic rings. The van der Waals surface area contributed by atoms with Crippen LogP contribution in [0.25, 0.3) is 11.3 Å². The molecule has 2 heterocycles. The van der Waals surface area contributed by atoms with E-state index in [-0.39, 0.29) is 0 Å². The summed E-state index contributed by atoms with van der Waals surface area (Å²) in [4.78, 5) is 4.54. The molecule has 0 amide bonds. The van der Waals surface area contributed by atoms with Crippen LogP contribution in [0.15, 0.2) is 46.4 Å². The third-order valence-corrected chi connectivity index (χ3v) is 4.04. The van der Waals surface area contributed by atoms with Crippen LogP contribution in [-0.2, 0) is 6.54 Å². The molecule has 1 aromatic carbocycles. The average Bonchev–Trinajstić information content (AvgIpc) is 3.16. The van der Waals surface area contributed by atoms with Gasteiger partial charge in [-0.15, -0.1) is 11.3 Å². The lowest BCUT2D eigenvalue weighted by molar-refractivity contribution is 0.415. The molecule has 0 aliphatic heterocycles. The molecule has 0 saturated carbocycles. The van der Waals surface area contributed by atoms with Crippen molar-refractivity contribution in [3.8, 4) is 17.0 Å². The van der Waals surface area contributed by atoms with Gasteiger partial charge >= 0.3 is 0 Å². The molecule has 0 spiro atoms. The van der Waals surface area contributed by atoms with E-state index in [1.165, 1.54) is 0 Å². The Balaban J connectivity index is 1.73. The Morgan fingerprint density at radius 1 is 1.38 bits per heavy atom. The van der Waals surface area contributed by atoms with E-state index in [4.69, 9.17) is 20.8 Å². The fourth-order valence-electron chi connectivity index (χ4n) is 1.89. The minimum atomic E-state index is 0.577. The van der Waals surface area contributed by atoms with E-state index >= 15 is 0 Å². The van der Waals surface area contributed by atoms with Gasteiger partial charge in [0, 0.05) is 10.9 Å². The maximum absolute atomic E-state index is 6.14. The van der Waals surface area contributed by atoms with Crippen LogP contribution in [0, 0.1) is 0 Å². The van der Waals surface area contributed by atoms with Crippen LogP contribution in [0.2, 0.25) is 5.02 Å². The van der Waals surface area contributed by atoms with Crippen molar-refractivity contribution in [1.82, 2.24) is 4.98 Å². The van der Waals surface area contributed by atoms with Gasteiger partial charge < -0.3 is 14.5 Å². The average molecular weight is 321 g/mol. The largest absolute Gasteiger partial charge is 0.495 e. The first-order valence-electron chi connectivity index (χ1n) is 6.32. The molecule has 0 aliphatic carbocycles. The van der Waals surface area contributed by atoms with Crippen LogP contribution >= 0.6 is 22.9 Å². The molecule has 108 valence electrons. The number of anilines is 1. The van der Waals surface area contributed by atoms with Crippen molar-refractivity contribution in [3.63, 3.8) is 0 Å². The molecule has 6 heteroatoms. The van der Waals surface area contributed by atoms with E-state index in [0.717, 1.165) is 22.1 Å². The number of nitrogens with zero attached hydrogens (tertiary/aromatic N) is 1. The summed E-state index contributed by atoms with van der Waals surface area (Å²) in [5.41, 5.74) is 1.84. The summed E-state index contributed by atoms with van der Waals surface area (Å²) in [6.45, 7) is 0.614. The van der Waals surface area contributed by atoms with Crippen molar-refractivity contribution in [2.45, 2.75) is 6.54 Å². The smallest absolute Gasteiger partial charge is 0.183 e. The number of methoxy groups -OCH3 is 1. The predicted molar refractivity (Wildman–Crippen MR) is 85.1 cm³/mol. The Morgan fingerprint density at radius 2 is 2.29 bits per heavy atom. The molecule has 0 atom stereocenters. The maximum atomic E-state index is 6.14. The zero-order chi connectivity index (χ0) is 14.7. The zero-order valence-corrected chi connectivity index (χ0v) is 12.9. The van der Waals surface area contributed by atoms with Gasteiger partial charge in [0.2, 0.25) is 0 Å². The summed E-state index contributed by atoms with van der Waals surface area (Å²) >= 11 is 7.68. The quantitative estimate of drug-likeness (QED) is 0.741. The summed E-state index contributed by atoms with van der Waals surface area (Å²) < 4.78 is 10.4. The molecule has 0 saturated heterocycles. The second-order valence-corrected chi connectivity index (χ2v) is 5.59. The minimum absolute atomic E-state index is 0.577. The maximum Gasteiger partial charge on any atom is 0.183 e. The fraction of sp³-hybridized carbons (Fsp3) is 0.133. The van der Waals surface area contributed by atoms with Crippen molar-refractivity contribution in [2.75, 3.05) is 12.4 Å². The van der Waals surface area contributed by atoms with Gasteiger partial charge in [-0.05, 0) is 30.3 Å². The van der Waals surface area contributed by atoms with Crippen LogP contribution in [-0.4, -0.2) is 12.1 Å². The van der Waals surface area contributed by atoms with Gasteiger partial charge in [0.15, 0.2) is 5.13 Å². The molecule has 3 aromatic rings. The molecule has 21 heavy (non-hydrogen) atoms. The molecular weight excluding hydrogens is 308 g/mol. The van der Waals surface area contributed by atoms with E-state index in [1.807, 2.05) is 35.7 Å². The highest BCUT2D eigenvalue weighted by atomic mass is 35.5. The van der Waals surface area contributed by atoms with Crippen molar-refractivity contribution in [2.24, 2.45) is 0 Å². The molecular formula is C15H13ClN2O2S. The highest BCUT2D eigenvalue weighted by molar-refractivity contribution is 7.14. The minimum Gasteiger partial charge on any atom is -0.495 e. The van der Waals surface area contributed by atoms with Crippen LogP contribution in [0.1, 0.15) is 5.76 Å². The van der Waals surface area contributed by atoms with Gasteiger partial charge in [0.25, 0.3) is 0 Å². The lowest BCUT2D eigenvalue weighted by atomic mass is 10.2. The monoisotopic (exact) mass is 320 g/mol. The lowest BCUT2D eigenvalue weighted by Gasteiger charge is -2.04. The summed E-state index contributed by atoms with van der Waals surface area (Å²) in [5, 5.41) is 6.64. The van der Waals surface area contributed by atoms with Crippen LogP contribution in [0.4, 0.5) is 5.13 Å². The number of thiazole rings is 1. The van der Waals surface area contributed by atoms with E-state index in [9.17, 15) is 0 Å². The first kappa shape index (κ1) is 14.0. The molecule has 4 nitrogen and oxygen atoms in total. The van der Waals surface area contributed by atoms with Gasteiger partial charge in [0.05, 0.1) is 30.6 Å². The molecule has 2 aromatic heterocycles. The molecule has 0 radical (unpaired) electrons. The van der Waals surface area contributed by atoms with Gasteiger partial charge in [-0.25, -0.2) is 4.98 Å². The van der Waals surface area contributed by atoms with E-state index in [0.29, 0.717) is 17.3 Å². The van der Waals surface area contributed by atoms with E-state index < -0.39 is 0 Å². The topological polar surface area (TPSA) is 47.3 Å². The Kier molecular flexibility index (Phi) is 4.13. The summed E-state index contributed by atoms with van der Waals surface area (Å²) in [7, 11) is 1.60. The number of rotatable bonds is 5. The van der Waals surface area contributed by atoms with Crippen molar-refractivity contribution in [3.05, 3.63) is 52.8 Å². The van der Waals surface area contributed by atoms with Crippen LogP contribution < -0.4 is 10.1 Å². The third kappa shape index (κ3) is 3.20. The predicted octanol–water partition coefficient (Wildman–Crippen LogP) is 4.68. The van der Waals surface area contributed by atoms with Gasteiger partial charge in [-0.3, -0.25) is 0 Å². The van der Waals surface area contributed by atoms with Gasteiger partial charge in [0.1, 0.15) is 11.5 Å². The van der Waals surface area contributed by atoms with Crippen molar-refractivity contribution < 1.29 is 9.15 Å². The zero-order valence-electron chi connectivity index (χ0n) is 11.3. The molecule has 1 N–H and O–H groups in total. The number of aromatic nitrogens is 1. The number of furan rings is 1. The van der Waals surface area contributed by atoms with Crippen molar-refractivity contribution in [1.29, 1.82) is 0 Å². The molecule has 0 fully saturated rings. The molecule has 0 unspecified atom stereocenters. The standard InChI is InChI=1S/C15H13ClN2O2S/c1-19-14-5-4-10(7-12(14)16)13-9-21-15(18-13)17-8-11-3-2-6-20-11/h2-7,9H,8H2,1H3,(H,17,18). The number of hydrogen-bond donors (Lipinski definition) is 1. The third-order valence-electron chi connectivity index (χ3n) is 2.95. The summed E-state index contributed by atoms with van der Waals surface area (Å²) in [5.74, 6) is 1.53. The first-order valence-corrected chi connectivity index (χ1v) is 7.57. The van der Waals surface area contributed by atoms with Crippen molar-refractivity contribution >= 4 is 28.1 Å². The molecule has 3 rings (SSSR count). The number of hydrogen-bond acceptors (Lipinski definition) is 5. The van der Waals surface area contributed by atoms with Crippen LogP contribution in [0.3, 0.4) is 0 Å². The Hall–Kier alpha value is -1.98. The van der Waals surface area contributed by atoms with Gasteiger partial charge in [-0.2, -0.15) is 0 Å². The second kappa shape index (κ2) is 6.20. The number of benzene rings is 1. The number of halogens is 1. The Morgan fingerprint density at radius 3 is 3.00 bits per heavy atom. The van der Waals surface area contributed by atoms with Crippen LogP contribution in [0.5, 0.6) is 5.75 Å². The first-order chi connectivity index (χ1) is 10.3. The SMILES string of the molecule is COc1ccc(-c2csc(NCc3ccco3)n2)cc1Cl. The van der Waals surface area contributed by atoms with E-state index in [1.54, 1.807) is 24.7 Å². The Bertz CT molecular complexity index is 725. The number of ether oxygens (including phenoxy) is 1. The summed E-state index contributed by atoms with van der Waals surface area (Å²) in [6.07, 6.45) is 1.66. The summed E-state index contributed by atoms with van der Waals surface area (Å²) in [6, 6.07) is 9.42. The highest BCUT2D eigenvalue weighted by Crippen LogP contribution is 2.31.